The fraction of sp³-hybridized carbons (Fsp3) is 0.286. The van der Waals surface area contributed by atoms with Crippen LogP contribution < -0.4 is 0 Å². The molecular weight excluding hydrogens is 352 g/mol. The molecule has 0 bridgehead atoms. The first-order valence-corrected chi connectivity index (χ1v) is 10.7. The van der Waals surface area contributed by atoms with Crippen LogP contribution in [0.15, 0.2) is 85.5 Å². The molecule has 0 heterocycles. The van der Waals surface area contributed by atoms with Crippen LogP contribution in [0.1, 0.15) is 42.7 Å². The van der Waals surface area contributed by atoms with Crippen molar-refractivity contribution in [2.24, 2.45) is 5.92 Å². The SMILES string of the molecule is C=CC1CCC(c2cc(COC)ccc2-c2ccc(-c3ccccc3)cc2)CC1. The number of allylic oxidation sites excluding steroid dienone is 1. The van der Waals surface area contributed by atoms with Crippen LogP contribution in [0.4, 0.5) is 0 Å². The summed E-state index contributed by atoms with van der Waals surface area (Å²) in [6.45, 7) is 4.67. The number of methoxy groups -OCH3 is 1. The summed E-state index contributed by atoms with van der Waals surface area (Å²) in [5.41, 5.74) is 7.93. The van der Waals surface area contributed by atoms with E-state index >= 15 is 0 Å². The molecular formula is C28H30O. The third-order valence-corrected chi connectivity index (χ3v) is 6.28. The molecule has 0 atom stereocenters. The van der Waals surface area contributed by atoms with Gasteiger partial charge in [0.15, 0.2) is 0 Å². The molecule has 1 heteroatoms. The second kappa shape index (κ2) is 9.24. The fourth-order valence-electron chi connectivity index (χ4n) is 4.61. The van der Waals surface area contributed by atoms with Crippen molar-refractivity contribution >= 4 is 0 Å². The predicted molar refractivity (Wildman–Crippen MR) is 123 cm³/mol. The number of rotatable bonds is 6. The van der Waals surface area contributed by atoms with E-state index < -0.39 is 0 Å². The summed E-state index contributed by atoms with van der Waals surface area (Å²) in [7, 11) is 1.77. The van der Waals surface area contributed by atoms with Gasteiger partial charge in [0.2, 0.25) is 0 Å². The van der Waals surface area contributed by atoms with Crippen molar-refractivity contribution in [3.8, 4) is 22.3 Å². The maximum absolute atomic E-state index is 5.40. The van der Waals surface area contributed by atoms with Gasteiger partial charge in [0, 0.05) is 7.11 Å². The van der Waals surface area contributed by atoms with Gasteiger partial charge in [-0.15, -0.1) is 6.58 Å². The van der Waals surface area contributed by atoms with Gasteiger partial charge in [0.05, 0.1) is 6.61 Å². The Balaban J connectivity index is 1.66. The van der Waals surface area contributed by atoms with Gasteiger partial charge in [-0.3, -0.25) is 0 Å². The highest BCUT2D eigenvalue weighted by Crippen LogP contribution is 2.41. The van der Waals surface area contributed by atoms with E-state index in [-0.39, 0.29) is 0 Å². The topological polar surface area (TPSA) is 9.23 Å². The Labute approximate surface area is 175 Å². The van der Waals surface area contributed by atoms with Gasteiger partial charge in [0.1, 0.15) is 0 Å². The van der Waals surface area contributed by atoms with Crippen LogP contribution in [0.5, 0.6) is 0 Å². The molecule has 0 aliphatic heterocycles. The fourth-order valence-corrected chi connectivity index (χ4v) is 4.61. The number of hydrogen-bond donors (Lipinski definition) is 0. The number of benzene rings is 3. The molecule has 0 saturated heterocycles. The van der Waals surface area contributed by atoms with Crippen molar-refractivity contribution in [1.82, 2.24) is 0 Å². The Kier molecular flexibility index (Phi) is 6.27. The van der Waals surface area contributed by atoms with Crippen LogP contribution in [-0.2, 0) is 11.3 Å². The van der Waals surface area contributed by atoms with Gasteiger partial charge < -0.3 is 4.74 Å². The van der Waals surface area contributed by atoms with Gasteiger partial charge in [-0.05, 0) is 70.9 Å². The first-order valence-electron chi connectivity index (χ1n) is 10.7. The van der Waals surface area contributed by atoms with Gasteiger partial charge in [-0.25, -0.2) is 0 Å². The highest BCUT2D eigenvalue weighted by molar-refractivity contribution is 5.73. The molecule has 1 saturated carbocycles. The summed E-state index contributed by atoms with van der Waals surface area (Å²) < 4.78 is 5.40. The second-order valence-corrected chi connectivity index (χ2v) is 8.15. The monoisotopic (exact) mass is 382 g/mol. The zero-order valence-corrected chi connectivity index (χ0v) is 17.3. The van der Waals surface area contributed by atoms with E-state index in [1.54, 1.807) is 7.11 Å². The average Bonchev–Trinajstić information content (AvgIpc) is 2.80. The molecule has 0 radical (unpaired) electrons. The van der Waals surface area contributed by atoms with Crippen LogP contribution in [0, 0.1) is 5.92 Å². The highest BCUT2D eigenvalue weighted by atomic mass is 16.5. The molecule has 148 valence electrons. The van der Waals surface area contributed by atoms with E-state index in [0.29, 0.717) is 18.4 Å². The molecule has 3 aromatic rings. The van der Waals surface area contributed by atoms with Gasteiger partial charge in [-0.2, -0.15) is 0 Å². The van der Waals surface area contributed by atoms with E-state index in [4.69, 9.17) is 4.74 Å². The standard InChI is InChI=1S/C28H30O/c1-3-21-9-12-26(13-10-21)28-19-22(20-29-2)11-18-27(28)25-16-14-24(15-17-25)23-7-5-4-6-8-23/h3-8,11,14-19,21,26H,1,9-10,12-13,20H2,2H3. The first-order chi connectivity index (χ1) is 14.3. The minimum atomic E-state index is 0.617. The Bertz CT molecular complexity index is 932. The van der Waals surface area contributed by atoms with Crippen LogP contribution in [0.3, 0.4) is 0 Å². The molecule has 0 spiro atoms. The third kappa shape index (κ3) is 4.52. The summed E-state index contributed by atoms with van der Waals surface area (Å²) in [6.07, 6.45) is 7.11. The summed E-state index contributed by atoms with van der Waals surface area (Å²) in [5.74, 6) is 1.30. The van der Waals surface area contributed by atoms with E-state index in [9.17, 15) is 0 Å². The highest BCUT2D eigenvalue weighted by Gasteiger charge is 2.23. The van der Waals surface area contributed by atoms with Crippen molar-refractivity contribution in [3.63, 3.8) is 0 Å². The Morgan fingerprint density at radius 2 is 1.48 bits per heavy atom. The first kappa shape index (κ1) is 19.7. The Hall–Kier alpha value is -2.64. The largest absolute Gasteiger partial charge is 0.380 e. The molecule has 0 amide bonds. The van der Waals surface area contributed by atoms with E-state index in [1.807, 2.05) is 0 Å². The minimum absolute atomic E-state index is 0.617. The lowest BCUT2D eigenvalue weighted by atomic mass is 9.76. The zero-order chi connectivity index (χ0) is 20.1. The van der Waals surface area contributed by atoms with Gasteiger partial charge >= 0.3 is 0 Å². The number of hydrogen-bond acceptors (Lipinski definition) is 1. The minimum Gasteiger partial charge on any atom is -0.380 e. The van der Waals surface area contributed by atoms with Crippen molar-refractivity contribution in [1.29, 1.82) is 0 Å². The third-order valence-electron chi connectivity index (χ3n) is 6.28. The van der Waals surface area contributed by atoms with Crippen molar-refractivity contribution in [2.45, 2.75) is 38.2 Å². The van der Waals surface area contributed by atoms with Crippen LogP contribution in [0.2, 0.25) is 0 Å². The van der Waals surface area contributed by atoms with Crippen molar-refractivity contribution < 1.29 is 4.74 Å². The summed E-state index contributed by atoms with van der Waals surface area (Å²) >= 11 is 0. The molecule has 29 heavy (non-hydrogen) atoms. The number of ether oxygens (including phenoxy) is 1. The lowest BCUT2D eigenvalue weighted by Crippen LogP contribution is -2.12. The molecule has 0 aromatic heterocycles. The normalized spacial score (nSPS) is 19.1. The van der Waals surface area contributed by atoms with Crippen LogP contribution >= 0.6 is 0 Å². The quantitative estimate of drug-likeness (QED) is 0.398. The smallest absolute Gasteiger partial charge is 0.0713 e. The summed E-state index contributed by atoms with van der Waals surface area (Å²) in [4.78, 5) is 0. The second-order valence-electron chi connectivity index (χ2n) is 8.15. The molecule has 4 rings (SSSR count). The average molecular weight is 383 g/mol. The predicted octanol–water partition coefficient (Wildman–Crippen LogP) is 7.63. The maximum atomic E-state index is 5.40. The summed E-state index contributed by atoms with van der Waals surface area (Å²) in [6, 6.07) is 26.5. The van der Waals surface area contributed by atoms with E-state index in [2.05, 4.69) is 85.5 Å². The van der Waals surface area contributed by atoms with Crippen LogP contribution in [-0.4, -0.2) is 7.11 Å². The molecule has 1 nitrogen and oxygen atoms in total. The lowest BCUT2D eigenvalue weighted by molar-refractivity contribution is 0.185. The Morgan fingerprint density at radius 3 is 2.14 bits per heavy atom. The summed E-state index contributed by atoms with van der Waals surface area (Å²) in [5, 5.41) is 0. The van der Waals surface area contributed by atoms with Crippen molar-refractivity contribution in [2.75, 3.05) is 7.11 Å². The molecule has 1 fully saturated rings. The van der Waals surface area contributed by atoms with Gasteiger partial charge in [0.25, 0.3) is 0 Å². The molecule has 1 aliphatic rings. The van der Waals surface area contributed by atoms with Crippen molar-refractivity contribution in [3.05, 3.63) is 96.6 Å². The molecule has 0 unspecified atom stereocenters. The van der Waals surface area contributed by atoms with Gasteiger partial charge in [-0.1, -0.05) is 78.9 Å². The lowest BCUT2D eigenvalue weighted by Gasteiger charge is -2.29. The van der Waals surface area contributed by atoms with E-state index in [0.717, 1.165) is 0 Å². The molecule has 3 aromatic carbocycles. The van der Waals surface area contributed by atoms with E-state index in [1.165, 1.54) is 59.1 Å². The molecule has 1 aliphatic carbocycles. The maximum Gasteiger partial charge on any atom is 0.0713 e. The Morgan fingerprint density at radius 1 is 0.828 bits per heavy atom. The zero-order valence-electron chi connectivity index (χ0n) is 17.3. The molecule has 0 N–H and O–H groups in total. The van der Waals surface area contributed by atoms with Crippen LogP contribution in [0.25, 0.3) is 22.3 Å².